The van der Waals surface area contributed by atoms with Crippen molar-refractivity contribution in [3.63, 3.8) is 0 Å². The number of nitrogens with one attached hydrogen (secondary N) is 1. The van der Waals surface area contributed by atoms with E-state index in [-0.39, 0.29) is 22.9 Å². The standard InChI is InChI=1S/C14H12N4O5/c1-16-10-3-2-8(7-12(10)18(21)22)23-9-4-5-17-11(6-9)13(19)14(15)20/h2-7,16H,1H3,(H2,15,20). The highest BCUT2D eigenvalue weighted by molar-refractivity contribution is 6.41. The molecule has 3 N–H and O–H groups in total. The number of anilines is 1. The number of rotatable bonds is 6. The second kappa shape index (κ2) is 6.52. The predicted octanol–water partition coefficient (Wildman–Crippen LogP) is 1.49. The van der Waals surface area contributed by atoms with Crippen LogP contribution in [-0.4, -0.2) is 28.6 Å². The summed E-state index contributed by atoms with van der Waals surface area (Å²) in [5.41, 5.74) is 4.91. The number of nitrogens with two attached hydrogens (primary N) is 1. The van der Waals surface area contributed by atoms with Crippen LogP contribution in [0.2, 0.25) is 0 Å². The first kappa shape index (κ1) is 15.9. The van der Waals surface area contributed by atoms with E-state index in [1.165, 1.54) is 36.5 Å². The predicted molar refractivity (Wildman–Crippen MR) is 80.5 cm³/mol. The fourth-order valence-corrected chi connectivity index (χ4v) is 1.80. The number of nitrogens with zero attached hydrogens (tertiary/aromatic N) is 2. The molecule has 2 rings (SSSR count). The van der Waals surface area contributed by atoms with Crippen LogP contribution in [0.4, 0.5) is 11.4 Å². The Kier molecular flexibility index (Phi) is 4.50. The van der Waals surface area contributed by atoms with Gasteiger partial charge in [-0.15, -0.1) is 0 Å². The Balaban J connectivity index is 2.31. The molecule has 0 saturated heterocycles. The summed E-state index contributed by atoms with van der Waals surface area (Å²) < 4.78 is 5.46. The third-order valence-corrected chi connectivity index (χ3v) is 2.86. The van der Waals surface area contributed by atoms with Gasteiger partial charge in [-0.2, -0.15) is 0 Å². The smallest absolute Gasteiger partial charge is 0.296 e. The molecule has 0 unspecified atom stereocenters. The molecule has 0 radical (unpaired) electrons. The highest BCUT2D eigenvalue weighted by Crippen LogP contribution is 2.31. The van der Waals surface area contributed by atoms with Gasteiger partial charge in [0.15, 0.2) is 0 Å². The zero-order valence-corrected chi connectivity index (χ0v) is 12.0. The third-order valence-electron chi connectivity index (χ3n) is 2.86. The van der Waals surface area contributed by atoms with E-state index in [2.05, 4.69) is 10.3 Å². The maximum Gasteiger partial charge on any atom is 0.296 e. The Morgan fingerprint density at radius 2 is 1.96 bits per heavy atom. The third kappa shape index (κ3) is 3.59. The van der Waals surface area contributed by atoms with Crippen molar-refractivity contribution in [3.05, 3.63) is 52.3 Å². The molecule has 0 aliphatic carbocycles. The van der Waals surface area contributed by atoms with Crippen LogP contribution in [0.25, 0.3) is 0 Å². The van der Waals surface area contributed by atoms with Crippen LogP contribution in [0.1, 0.15) is 10.5 Å². The molecule has 23 heavy (non-hydrogen) atoms. The maximum absolute atomic E-state index is 11.5. The van der Waals surface area contributed by atoms with Gasteiger partial charge in [-0.25, -0.2) is 0 Å². The van der Waals surface area contributed by atoms with E-state index in [0.29, 0.717) is 5.69 Å². The van der Waals surface area contributed by atoms with E-state index in [4.69, 9.17) is 10.5 Å². The number of primary amides is 1. The normalized spacial score (nSPS) is 9.96. The van der Waals surface area contributed by atoms with Gasteiger partial charge < -0.3 is 15.8 Å². The molecule has 0 aliphatic heterocycles. The Labute approximate surface area is 130 Å². The van der Waals surface area contributed by atoms with Crippen LogP contribution < -0.4 is 15.8 Å². The van der Waals surface area contributed by atoms with Crippen molar-refractivity contribution in [1.82, 2.24) is 4.98 Å². The van der Waals surface area contributed by atoms with Gasteiger partial charge in [-0.1, -0.05) is 0 Å². The molecule has 1 amide bonds. The summed E-state index contributed by atoms with van der Waals surface area (Å²) in [7, 11) is 1.56. The number of Topliss-reactive ketones (excluding diaryl/α,β-unsaturated/α-hetero) is 1. The van der Waals surface area contributed by atoms with E-state index in [1.807, 2.05) is 0 Å². The topological polar surface area (TPSA) is 137 Å². The number of amides is 1. The van der Waals surface area contributed by atoms with Crippen LogP contribution in [-0.2, 0) is 4.79 Å². The average molecular weight is 316 g/mol. The number of nitro benzene ring substituents is 1. The van der Waals surface area contributed by atoms with Crippen molar-refractivity contribution in [2.24, 2.45) is 5.73 Å². The Bertz CT molecular complexity index is 790. The van der Waals surface area contributed by atoms with Crippen LogP contribution in [0.5, 0.6) is 11.5 Å². The van der Waals surface area contributed by atoms with Crippen molar-refractivity contribution in [3.8, 4) is 11.5 Å². The fraction of sp³-hybridized carbons (Fsp3) is 0.0714. The number of hydrogen-bond donors (Lipinski definition) is 2. The van der Waals surface area contributed by atoms with Crippen molar-refractivity contribution >= 4 is 23.1 Å². The van der Waals surface area contributed by atoms with Gasteiger partial charge in [0, 0.05) is 19.3 Å². The molecule has 0 aliphatic rings. The van der Waals surface area contributed by atoms with Crippen LogP contribution in [0.3, 0.4) is 0 Å². The van der Waals surface area contributed by atoms with E-state index in [1.54, 1.807) is 7.05 Å². The molecule has 0 spiro atoms. The summed E-state index contributed by atoms with van der Waals surface area (Å²) in [6.45, 7) is 0. The lowest BCUT2D eigenvalue weighted by atomic mass is 10.2. The second-order valence-corrected chi connectivity index (χ2v) is 4.36. The summed E-state index contributed by atoms with van der Waals surface area (Å²) >= 11 is 0. The summed E-state index contributed by atoms with van der Waals surface area (Å²) in [6.07, 6.45) is 1.27. The largest absolute Gasteiger partial charge is 0.457 e. The minimum Gasteiger partial charge on any atom is -0.457 e. The number of ketones is 1. The van der Waals surface area contributed by atoms with Gasteiger partial charge in [0.1, 0.15) is 22.9 Å². The Hall–Kier alpha value is -3.49. The average Bonchev–Trinajstić information content (AvgIpc) is 2.54. The van der Waals surface area contributed by atoms with Crippen LogP contribution in [0.15, 0.2) is 36.5 Å². The molecule has 2 aromatic rings. The zero-order chi connectivity index (χ0) is 17.0. The van der Waals surface area contributed by atoms with Crippen LogP contribution in [0, 0.1) is 10.1 Å². The molecule has 9 heteroatoms. The van der Waals surface area contributed by atoms with Crippen LogP contribution >= 0.6 is 0 Å². The van der Waals surface area contributed by atoms with Crippen molar-refractivity contribution in [2.45, 2.75) is 0 Å². The van der Waals surface area contributed by atoms with Crippen molar-refractivity contribution < 1.29 is 19.2 Å². The molecular weight excluding hydrogens is 304 g/mol. The van der Waals surface area contributed by atoms with Crippen molar-refractivity contribution in [1.29, 1.82) is 0 Å². The van der Waals surface area contributed by atoms with Gasteiger partial charge in [0.25, 0.3) is 17.4 Å². The SMILES string of the molecule is CNc1ccc(Oc2ccnc(C(=O)C(N)=O)c2)cc1[N+](=O)[O-]. The highest BCUT2D eigenvalue weighted by atomic mass is 16.6. The molecule has 0 bridgehead atoms. The first-order valence-electron chi connectivity index (χ1n) is 6.36. The van der Waals surface area contributed by atoms with E-state index < -0.39 is 16.6 Å². The highest BCUT2D eigenvalue weighted by Gasteiger charge is 2.16. The molecule has 0 fully saturated rings. The number of aromatic nitrogens is 1. The molecule has 1 aromatic heterocycles. The molecular formula is C14H12N4O5. The minimum atomic E-state index is -1.14. The number of carbonyl (C=O) groups is 2. The maximum atomic E-state index is 11.5. The zero-order valence-electron chi connectivity index (χ0n) is 12.0. The van der Waals surface area contributed by atoms with Gasteiger partial charge >= 0.3 is 0 Å². The lowest BCUT2D eigenvalue weighted by Crippen LogP contribution is -2.23. The lowest BCUT2D eigenvalue weighted by Gasteiger charge is -2.08. The summed E-state index contributed by atoms with van der Waals surface area (Å²) in [6, 6.07) is 6.92. The van der Waals surface area contributed by atoms with Gasteiger partial charge in [-0.05, 0) is 18.2 Å². The molecule has 1 aromatic carbocycles. The fourth-order valence-electron chi connectivity index (χ4n) is 1.80. The number of carbonyl (C=O) groups excluding carboxylic acids is 2. The molecule has 1 heterocycles. The Morgan fingerprint density at radius 3 is 2.57 bits per heavy atom. The first-order chi connectivity index (χ1) is 10.9. The van der Waals surface area contributed by atoms with E-state index in [9.17, 15) is 19.7 Å². The van der Waals surface area contributed by atoms with E-state index >= 15 is 0 Å². The van der Waals surface area contributed by atoms with Gasteiger partial charge in [-0.3, -0.25) is 24.7 Å². The number of benzene rings is 1. The number of ether oxygens (including phenoxy) is 1. The summed E-state index contributed by atoms with van der Waals surface area (Å²) in [5, 5.41) is 13.7. The lowest BCUT2D eigenvalue weighted by molar-refractivity contribution is -0.384. The molecule has 9 nitrogen and oxygen atoms in total. The van der Waals surface area contributed by atoms with Gasteiger partial charge in [0.05, 0.1) is 11.0 Å². The van der Waals surface area contributed by atoms with Crippen molar-refractivity contribution in [2.75, 3.05) is 12.4 Å². The quantitative estimate of drug-likeness (QED) is 0.356. The second-order valence-electron chi connectivity index (χ2n) is 4.36. The molecule has 0 saturated carbocycles. The Morgan fingerprint density at radius 1 is 1.26 bits per heavy atom. The monoisotopic (exact) mass is 316 g/mol. The minimum absolute atomic E-state index is 0.160. The molecule has 0 atom stereocenters. The van der Waals surface area contributed by atoms with Gasteiger partial charge in [0.2, 0.25) is 0 Å². The molecule has 118 valence electrons. The summed E-state index contributed by atoms with van der Waals surface area (Å²) in [5.74, 6) is -1.70. The first-order valence-corrected chi connectivity index (χ1v) is 6.36. The number of pyridine rings is 1. The number of hydrogen-bond acceptors (Lipinski definition) is 7. The summed E-state index contributed by atoms with van der Waals surface area (Å²) in [4.78, 5) is 36.5. The number of nitro groups is 1. The van der Waals surface area contributed by atoms with E-state index in [0.717, 1.165) is 0 Å².